The molecule has 1 nitrogen and oxygen atoms in total. The first-order chi connectivity index (χ1) is 5.29. The maximum Gasteiger partial charge on any atom is 0.0124 e. The predicted octanol–water partition coefficient (Wildman–Crippen LogP) is 2.27. The second-order valence-electron chi connectivity index (χ2n) is 4.36. The molecular weight excluding hydrogens is 134 g/mol. The van der Waals surface area contributed by atoms with Gasteiger partial charge in [-0.1, -0.05) is 13.3 Å². The molecule has 2 fully saturated rings. The number of piperidine rings is 1. The van der Waals surface area contributed by atoms with Crippen molar-refractivity contribution < 1.29 is 0 Å². The van der Waals surface area contributed by atoms with Gasteiger partial charge in [-0.2, -0.15) is 0 Å². The molecule has 2 saturated heterocycles. The van der Waals surface area contributed by atoms with Crippen molar-refractivity contribution in [3.05, 3.63) is 0 Å². The average Bonchev–Trinajstić information content (AvgIpc) is 2.30. The van der Waals surface area contributed by atoms with Crippen molar-refractivity contribution in [1.82, 2.24) is 4.90 Å². The highest BCUT2D eigenvalue weighted by molar-refractivity contribution is 4.91. The molecule has 3 unspecified atom stereocenters. The molecule has 0 N–H and O–H groups in total. The summed E-state index contributed by atoms with van der Waals surface area (Å²) in [6.07, 6.45) is 5.81. The van der Waals surface area contributed by atoms with Crippen LogP contribution in [-0.4, -0.2) is 23.5 Å². The highest BCUT2D eigenvalue weighted by Crippen LogP contribution is 2.35. The summed E-state index contributed by atoms with van der Waals surface area (Å²) >= 11 is 0. The van der Waals surface area contributed by atoms with E-state index in [0.717, 1.165) is 18.0 Å². The number of fused-ring (bicyclic) bond motifs is 1. The summed E-state index contributed by atoms with van der Waals surface area (Å²) in [5.41, 5.74) is 0. The topological polar surface area (TPSA) is 3.24 Å². The van der Waals surface area contributed by atoms with Gasteiger partial charge in [-0.15, -0.1) is 0 Å². The van der Waals surface area contributed by atoms with Crippen LogP contribution in [0.4, 0.5) is 0 Å². The minimum absolute atomic E-state index is 0.871. The lowest BCUT2D eigenvalue weighted by Gasteiger charge is -2.33. The third-order valence-electron chi connectivity index (χ3n) is 3.53. The van der Waals surface area contributed by atoms with Crippen LogP contribution in [-0.2, 0) is 0 Å². The van der Waals surface area contributed by atoms with Gasteiger partial charge in [0.15, 0.2) is 0 Å². The molecule has 3 atom stereocenters. The molecule has 0 amide bonds. The van der Waals surface area contributed by atoms with Gasteiger partial charge in [-0.25, -0.2) is 0 Å². The van der Waals surface area contributed by atoms with Gasteiger partial charge in [0.25, 0.3) is 0 Å². The average molecular weight is 153 g/mol. The number of nitrogens with zero attached hydrogens (tertiary/aromatic N) is 1. The Morgan fingerprint density at radius 2 is 2.00 bits per heavy atom. The third-order valence-corrected chi connectivity index (χ3v) is 3.53. The van der Waals surface area contributed by atoms with Crippen LogP contribution < -0.4 is 0 Å². The molecule has 0 spiro atoms. The predicted molar refractivity (Wildman–Crippen MR) is 47.6 cm³/mol. The summed E-state index contributed by atoms with van der Waals surface area (Å²) in [5, 5.41) is 0. The van der Waals surface area contributed by atoms with E-state index in [4.69, 9.17) is 0 Å². The van der Waals surface area contributed by atoms with Crippen molar-refractivity contribution in [1.29, 1.82) is 0 Å². The van der Waals surface area contributed by atoms with Crippen molar-refractivity contribution in [3.63, 3.8) is 0 Å². The monoisotopic (exact) mass is 153 g/mol. The van der Waals surface area contributed by atoms with Gasteiger partial charge in [-0.05, 0) is 38.6 Å². The number of rotatable bonds is 0. The van der Waals surface area contributed by atoms with Crippen LogP contribution in [0.3, 0.4) is 0 Å². The van der Waals surface area contributed by atoms with Crippen molar-refractivity contribution in [2.75, 3.05) is 6.54 Å². The van der Waals surface area contributed by atoms with E-state index in [1.54, 1.807) is 0 Å². The van der Waals surface area contributed by atoms with E-state index in [1.807, 2.05) is 0 Å². The zero-order valence-corrected chi connectivity index (χ0v) is 7.71. The number of hydrogen-bond donors (Lipinski definition) is 0. The number of hydrogen-bond acceptors (Lipinski definition) is 1. The summed E-state index contributed by atoms with van der Waals surface area (Å²) in [4.78, 5) is 2.73. The van der Waals surface area contributed by atoms with Crippen LogP contribution in [0.15, 0.2) is 0 Å². The molecule has 0 saturated carbocycles. The van der Waals surface area contributed by atoms with Gasteiger partial charge in [0.2, 0.25) is 0 Å². The van der Waals surface area contributed by atoms with Crippen LogP contribution in [0.25, 0.3) is 0 Å². The summed E-state index contributed by atoms with van der Waals surface area (Å²) in [6.45, 7) is 6.18. The molecule has 0 bridgehead atoms. The molecule has 1 heteroatoms. The molecule has 2 aliphatic rings. The normalized spacial score (nSPS) is 45.8. The van der Waals surface area contributed by atoms with Crippen LogP contribution in [0.1, 0.15) is 39.5 Å². The van der Waals surface area contributed by atoms with Gasteiger partial charge < -0.3 is 0 Å². The smallest absolute Gasteiger partial charge is 0.0124 e. The van der Waals surface area contributed by atoms with E-state index >= 15 is 0 Å². The summed E-state index contributed by atoms with van der Waals surface area (Å²) in [6, 6.07) is 1.81. The highest BCUT2D eigenvalue weighted by Gasteiger charge is 2.37. The first kappa shape index (κ1) is 7.60. The van der Waals surface area contributed by atoms with E-state index in [0.29, 0.717) is 0 Å². The molecule has 2 aliphatic heterocycles. The van der Waals surface area contributed by atoms with E-state index < -0.39 is 0 Å². The second-order valence-corrected chi connectivity index (χ2v) is 4.36. The lowest BCUT2D eigenvalue weighted by molar-refractivity contribution is 0.144. The minimum Gasteiger partial charge on any atom is -0.297 e. The van der Waals surface area contributed by atoms with Crippen LogP contribution >= 0.6 is 0 Å². The van der Waals surface area contributed by atoms with Crippen molar-refractivity contribution >= 4 is 0 Å². The lowest BCUT2D eigenvalue weighted by atomic mass is 9.95. The van der Waals surface area contributed by atoms with E-state index in [9.17, 15) is 0 Å². The summed E-state index contributed by atoms with van der Waals surface area (Å²) in [5.74, 6) is 0.963. The fourth-order valence-electron chi connectivity index (χ4n) is 2.97. The Morgan fingerprint density at radius 1 is 1.18 bits per heavy atom. The SMILES string of the molecule is CC1CC(C)N2CCCCC12. The van der Waals surface area contributed by atoms with Gasteiger partial charge in [-0.3, -0.25) is 4.90 Å². The Morgan fingerprint density at radius 3 is 2.73 bits per heavy atom. The molecule has 0 radical (unpaired) electrons. The molecule has 0 aromatic carbocycles. The minimum atomic E-state index is 0.871. The molecule has 2 heterocycles. The largest absolute Gasteiger partial charge is 0.297 e. The standard InChI is InChI=1S/C10H19N/c1-8-7-9(2)11-6-4-3-5-10(8)11/h8-10H,3-7H2,1-2H3. The van der Waals surface area contributed by atoms with E-state index in [1.165, 1.54) is 32.2 Å². The third kappa shape index (κ3) is 1.20. The maximum absolute atomic E-state index is 2.73. The quantitative estimate of drug-likeness (QED) is 0.516. The van der Waals surface area contributed by atoms with Crippen LogP contribution in [0.5, 0.6) is 0 Å². The highest BCUT2D eigenvalue weighted by atomic mass is 15.2. The Hall–Kier alpha value is -0.0400. The summed E-state index contributed by atoms with van der Waals surface area (Å²) < 4.78 is 0. The zero-order chi connectivity index (χ0) is 7.84. The van der Waals surface area contributed by atoms with Crippen LogP contribution in [0, 0.1) is 5.92 Å². The van der Waals surface area contributed by atoms with Gasteiger partial charge in [0.1, 0.15) is 0 Å². The molecule has 64 valence electrons. The second kappa shape index (κ2) is 2.78. The molecule has 0 aromatic heterocycles. The maximum atomic E-state index is 2.73. The fraction of sp³-hybridized carbons (Fsp3) is 1.00. The Balaban J connectivity index is 2.07. The van der Waals surface area contributed by atoms with Crippen molar-refractivity contribution in [3.8, 4) is 0 Å². The van der Waals surface area contributed by atoms with E-state index in [2.05, 4.69) is 18.7 Å². The van der Waals surface area contributed by atoms with Crippen LogP contribution in [0.2, 0.25) is 0 Å². The first-order valence-electron chi connectivity index (χ1n) is 5.05. The summed E-state index contributed by atoms with van der Waals surface area (Å²) in [7, 11) is 0. The fourth-order valence-corrected chi connectivity index (χ4v) is 2.97. The molecule has 0 aromatic rings. The molecule has 11 heavy (non-hydrogen) atoms. The Labute approximate surface area is 69.8 Å². The zero-order valence-electron chi connectivity index (χ0n) is 7.71. The molecule has 2 rings (SSSR count). The lowest BCUT2D eigenvalue weighted by Crippen LogP contribution is -2.39. The Kier molecular flexibility index (Phi) is 1.92. The van der Waals surface area contributed by atoms with Gasteiger partial charge >= 0.3 is 0 Å². The van der Waals surface area contributed by atoms with Gasteiger partial charge in [0, 0.05) is 12.1 Å². The first-order valence-corrected chi connectivity index (χ1v) is 5.05. The van der Waals surface area contributed by atoms with Crippen molar-refractivity contribution in [2.24, 2.45) is 5.92 Å². The van der Waals surface area contributed by atoms with E-state index in [-0.39, 0.29) is 0 Å². The van der Waals surface area contributed by atoms with Crippen molar-refractivity contribution in [2.45, 2.75) is 51.6 Å². The molecular formula is C10H19N. The molecule has 0 aliphatic carbocycles. The van der Waals surface area contributed by atoms with Gasteiger partial charge in [0.05, 0.1) is 0 Å². The Bertz CT molecular complexity index is 128.